The van der Waals surface area contributed by atoms with Gasteiger partial charge in [0.25, 0.3) is 0 Å². The van der Waals surface area contributed by atoms with Crippen molar-refractivity contribution < 1.29 is 4.74 Å². The van der Waals surface area contributed by atoms with E-state index in [9.17, 15) is 0 Å². The van der Waals surface area contributed by atoms with Gasteiger partial charge >= 0.3 is 0 Å². The summed E-state index contributed by atoms with van der Waals surface area (Å²) in [6, 6.07) is 0.227. The van der Waals surface area contributed by atoms with Crippen molar-refractivity contribution >= 4 is 0 Å². The first kappa shape index (κ1) is 15.5. The Bertz CT molecular complexity index is 408. The van der Waals surface area contributed by atoms with E-state index in [1.165, 1.54) is 18.4 Å². The molecule has 0 saturated heterocycles. The molecule has 4 nitrogen and oxygen atoms in total. The van der Waals surface area contributed by atoms with E-state index in [1.54, 1.807) is 0 Å². The van der Waals surface area contributed by atoms with Gasteiger partial charge in [-0.05, 0) is 45.1 Å². The lowest BCUT2D eigenvalue weighted by Gasteiger charge is -2.43. The molecule has 1 heterocycles. The maximum atomic E-state index is 6.00. The first-order valence-corrected chi connectivity index (χ1v) is 7.90. The van der Waals surface area contributed by atoms with Gasteiger partial charge in [-0.1, -0.05) is 13.8 Å². The Morgan fingerprint density at radius 3 is 2.75 bits per heavy atom. The molecule has 0 aliphatic heterocycles. The Morgan fingerprint density at radius 1 is 1.50 bits per heavy atom. The summed E-state index contributed by atoms with van der Waals surface area (Å²) in [5.74, 6) is 0.818. The van der Waals surface area contributed by atoms with Crippen molar-refractivity contribution in [1.29, 1.82) is 0 Å². The van der Waals surface area contributed by atoms with E-state index in [-0.39, 0.29) is 11.6 Å². The Morgan fingerprint density at radius 2 is 2.20 bits per heavy atom. The second-order valence-corrected chi connectivity index (χ2v) is 6.21. The molecule has 1 saturated carbocycles. The highest BCUT2D eigenvalue weighted by molar-refractivity contribution is 5.17. The van der Waals surface area contributed by atoms with E-state index in [4.69, 9.17) is 4.74 Å². The predicted molar refractivity (Wildman–Crippen MR) is 81.7 cm³/mol. The van der Waals surface area contributed by atoms with Crippen LogP contribution in [0.1, 0.15) is 57.6 Å². The second kappa shape index (κ2) is 6.72. The molecule has 0 spiro atoms. The van der Waals surface area contributed by atoms with Crippen molar-refractivity contribution in [3.63, 3.8) is 0 Å². The minimum Gasteiger partial charge on any atom is -0.376 e. The average Bonchev–Trinajstić information content (AvgIpc) is 2.91. The van der Waals surface area contributed by atoms with Crippen LogP contribution in [0.3, 0.4) is 0 Å². The quantitative estimate of drug-likeness (QED) is 0.869. The standard InChI is InChI=1S/C16H29N3O/c1-5-10-19-12-14(11-18-19)15(17-3)16(20-4)8-6-13(2)7-9-16/h11-13,15,17H,5-10H2,1-4H3. The van der Waals surface area contributed by atoms with E-state index in [0.717, 1.165) is 31.7 Å². The number of nitrogens with one attached hydrogen (secondary N) is 1. The third-order valence-electron chi connectivity index (χ3n) is 4.78. The summed E-state index contributed by atoms with van der Waals surface area (Å²) in [5, 5.41) is 7.94. The largest absolute Gasteiger partial charge is 0.376 e. The number of likely N-dealkylation sites (N-methyl/N-ethyl adjacent to an activating group) is 1. The molecule has 0 bridgehead atoms. The zero-order valence-corrected chi connectivity index (χ0v) is 13.4. The molecule has 114 valence electrons. The number of aromatic nitrogens is 2. The summed E-state index contributed by atoms with van der Waals surface area (Å²) in [4.78, 5) is 0. The summed E-state index contributed by atoms with van der Waals surface area (Å²) in [5.41, 5.74) is 1.17. The van der Waals surface area contributed by atoms with Gasteiger partial charge in [0.05, 0.1) is 17.8 Å². The first-order chi connectivity index (χ1) is 9.65. The van der Waals surface area contributed by atoms with Crippen LogP contribution in [-0.4, -0.2) is 29.5 Å². The lowest BCUT2D eigenvalue weighted by molar-refractivity contribution is -0.0745. The fourth-order valence-corrected chi connectivity index (χ4v) is 3.47. The van der Waals surface area contributed by atoms with Gasteiger partial charge in [0.2, 0.25) is 0 Å². The lowest BCUT2D eigenvalue weighted by atomic mass is 9.74. The van der Waals surface area contributed by atoms with Crippen LogP contribution in [0, 0.1) is 5.92 Å². The van der Waals surface area contributed by atoms with Crippen LogP contribution in [0.5, 0.6) is 0 Å². The van der Waals surface area contributed by atoms with E-state index in [1.807, 2.05) is 25.0 Å². The molecule has 1 aliphatic carbocycles. The van der Waals surface area contributed by atoms with E-state index in [2.05, 4.69) is 30.5 Å². The van der Waals surface area contributed by atoms with Gasteiger partial charge in [0.15, 0.2) is 0 Å². The third-order valence-corrected chi connectivity index (χ3v) is 4.78. The first-order valence-electron chi connectivity index (χ1n) is 7.90. The highest BCUT2D eigenvalue weighted by Crippen LogP contribution is 2.42. The monoisotopic (exact) mass is 279 g/mol. The van der Waals surface area contributed by atoms with Crippen molar-refractivity contribution in [3.05, 3.63) is 18.0 Å². The van der Waals surface area contributed by atoms with Crippen LogP contribution in [0.15, 0.2) is 12.4 Å². The molecule has 1 N–H and O–H groups in total. The molecular weight excluding hydrogens is 250 g/mol. The third kappa shape index (κ3) is 3.07. The van der Waals surface area contributed by atoms with Crippen LogP contribution in [-0.2, 0) is 11.3 Å². The topological polar surface area (TPSA) is 39.1 Å². The van der Waals surface area contributed by atoms with Gasteiger partial charge in [-0.25, -0.2) is 0 Å². The Hall–Kier alpha value is -0.870. The molecule has 1 aromatic heterocycles. The minimum absolute atomic E-state index is 0.0820. The zero-order chi connectivity index (χ0) is 14.6. The van der Waals surface area contributed by atoms with Gasteiger partial charge in [-0.3, -0.25) is 4.68 Å². The Balaban J connectivity index is 2.19. The number of nitrogens with zero attached hydrogens (tertiary/aromatic N) is 2. The normalized spacial score (nSPS) is 28.5. The van der Waals surface area contributed by atoms with Crippen molar-refractivity contribution in [2.24, 2.45) is 5.92 Å². The summed E-state index contributed by atoms with van der Waals surface area (Å²) in [7, 11) is 3.89. The molecule has 2 rings (SSSR count). The van der Waals surface area contributed by atoms with Gasteiger partial charge in [0, 0.05) is 25.4 Å². The molecule has 1 fully saturated rings. The maximum absolute atomic E-state index is 6.00. The summed E-state index contributed by atoms with van der Waals surface area (Å²) in [6.07, 6.45) is 10.0. The number of ether oxygens (including phenoxy) is 1. The highest BCUT2D eigenvalue weighted by Gasteiger charge is 2.42. The number of methoxy groups -OCH3 is 1. The molecule has 20 heavy (non-hydrogen) atoms. The molecule has 1 atom stereocenters. The predicted octanol–water partition coefficient (Wildman–Crippen LogP) is 3.15. The van der Waals surface area contributed by atoms with Gasteiger partial charge < -0.3 is 10.1 Å². The number of hydrogen-bond acceptors (Lipinski definition) is 3. The van der Waals surface area contributed by atoms with Crippen LogP contribution in [0.4, 0.5) is 0 Å². The molecule has 1 aromatic rings. The lowest BCUT2D eigenvalue weighted by Crippen LogP contribution is -2.46. The van der Waals surface area contributed by atoms with Crippen LogP contribution in [0.25, 0.3) is 0 Å². The number of hydrogen-bond donors (Lipinski definition) is 1. The fourth-order valence-electron chi connectivity index (χ4n) is 3.47. The molecular formula is C16H29N3O. The van der Waals surface area contributed by atoms with E-state index < -0.39 is 0 Å². The van der Waals surface area contributed by atoms with Crippen molar-refractivity contribution in [1.82, 2.24) is 15.1 Å². The SMILES string of the molecule is CCCn1cc(C(NC)C2(OC)CCC(C)CC2)cn1. The van der Waals surface area contributed by atoms with Gasteiger partial charge in [-0.2, -0.15) is 5.10 Å². The second-order valence-electron chi connectivity index (χ2n) is 6.21. The smallest absolute Gasteiger partial charge is 0.0873 e. The Labute approximate surface area is 122 Å². The number of rotatable bonds is 6. The summed E-state index contributed by atoms with van der Waals surface area (Å²) < 4.78 is 8.04. The molecule has 1 aliphatic rings. The minimum atomic E-state index is -0.0820. The maximum Gasteiger partial charge on any atom is 0.0873 e. The van der Waals surface area contributed by atoms with Crippen molar-refractivity contribution in [2.75, 3.05) is 14.2 Å². The van der Waals surface area contributed by atoms with Gasteiger partial charge in [0.1, 0.15) is 0 Å². The Kier molecular flexibility index (Phi) is 5.22. The molecule has 0 aromatic carbocycles. The molecule has 0 radical (unpaired) electrons. The van der Waals surface area contributed by atoms with Crippen molar-refractivity contribution in [2.45, 2.75) is 64.1 Å². The van der Waals surface area contributed by atoms with Gasteiger partial charge in [-0.15, -0.1) is 0 Å². The van der Waals surface area contributed by atoms with Crippen LogP contribution >= 0.6 is 0 Å². The fraction of sp³-hybridized carbons (Fsp3) is 0.812. The molecule has 4 heteroatoms. The average molecular weight is 279 g/mol. The summed E-state index contributed by atoms with van der Waals surface area (Å²) in [6.45, 7) is 5.50. The van der Waals surface area contributed by atoms with Crippen molar-refractivity contribution in [3.8, 4) is 0 Å². The number of aryl methyl sites for hydroxylation is 1. The molecule has 1 unspecified atom stereocenters. The van der Waals surface area contributed by atoms with E-state index >= 15 is 0 Å². The van der Waals surface area contributed by atoms with Crippen LogP contribution in [0.2, 0.25) is 0 Å². The zero-order valence-electron chi connectivity index (χ0n) is 13.4. The summed E-state index contributed by atoms with van der Waals surface area (Å²) >= 11 is 0. The highest BCUT2D eigenvalue weighted by atomic mass is 16.5. The molecule has 0 amide bonds. The van der Waals surface area contributed by atoms with E-state index in [0.29, 0.717) is 0 Å². The van der Waals surface area contributed by atoms with Crippen LogP contribution < -0.4 is 5.32 Å².